The highest BCUT2D eigenvalue weighted by molar-refractivity contribution is 6.01. The minimum Gasteiger partial charge on any atom is -0.395 e. The lowest BCUT2D eigenvalue weighted by molar-refractivity contribution is -0.197. The number of amides is 9. The minimum absolute atomic E-state index is 0.00413. The Hall–Kier alpha value is -5.38. The molecule has 0 aromatic rings. The summed E-state index contributed by atoms with van der Waals surface area (Å²) in [4.78, 5) is 131. The van der Waals surface area contributed by atoms with Gasteiger partial charge in [0, 0.05) is 77.9 Å². The average molecular weight is 1030 g/mol. The van der Waals surface area contributed by atoms with Gasteiger partial charge in [-0.05, 0) is 64.7 Å². The monoisotopic (exact) mass is 1030 g/mol. The summed E-state index contributed by atoms with van der Waals surface area (Å²) >= 11 is 0. The molecule has 0 spiro atoms. The Kier molecular flexibility index (Phi) is 32.6. The zero-order valence-corrected chi connectivity index (χ0v) is 41.8. The molecule has 0 saturated carbocycles. The van der Waals surface area contributed by atoms with Crippen LogP contribution in [0.1, 0.15) is 110 Å². The van der Waals surface area contributed by atoms with Gasteiger partial charge in [0.2, 0.25) is 41.4 Å². The van der Waals surface area contributed by atoms with Gasteiger partial charge in [-0.25, -0.2) is 4.79 Å². The molecular formula is C46H80N10O16. The summed E-state index contributed by atoms with van der Waals surface area (Å²) in [6.07, 6.45) is 3.91. The van der Waals surface area contributed by atoms with Crippen molar-refractivity contribution in [3.63, 3.8) is 0 Å². The second kappa shape index (κ2) is 37.4. The van der Waals surface area contributed by atoms with Gasteiger partial charge >= 0.3 is 5.97 Å². The van der Waals surface area contributed by atoms with Crippen molar-refractivity contribution in [2.24, 2.45) is 0 Å². The predicted octanol–water partition coefficient (Wildman–Crippen LogP) is -4.03. The molecule has 410 valence electrons. The maximum absolute atomic E-state index is 13.0. The van der Waals surface area contributed by atoms with Crippen LogP contribution in [0.15, 0.2) is 0 Å². The Bertz CT molecular complexity index is 1710. The molecule has 11 N–H and O–H groups in total. The lowest BCUT2D eigenvalue weighted by Gasteiger charge is -2.35. The highest BCUT2D eigenvalue weighted by Crippen LogP contribution is 2.23. The minimum atomic E-state index is -0.819. The first-order valence-corrected chi connectivity index (χ1v) is 25.1. The molecule has 0 aromatic carbocycles. The summed E-state index contributed by atoms with van der Waals surface area (Å²) < 4.78 is 5.67. The van der Waals surface area contributed by atoms with E-state index in [0.29, 0.717) is 82.2 Å². The van der Waals surface area contributed by atoms with Crippen LogP contribution in [0.4, 0.5) is 0 Å². The summed E-state index contributed by atoms with van der Waals surface area (Å²) in [6, 6.07) is 0. The highest BCUT2D eigenvalue weighted by atomic mass is 16.7. The number of hydrogen-bond acceptors (Lipinski definition) is 18. The Morgan fingerprint density at radius 3 is 1.29 bits per heavy atom. The molecule has 0 unspecified atom stereocenters. The third kappa shape index (κ3) is 29.2. The topological polar surface area (TPSA) is 364 Å². The molecule has 2 saturated heterocycles. The maximum Gasteiger partial charge on any atom is 0.333 e. The van der Waals surface area contributed by atoms with Crippen LogP contribution in [0, 0.1) is 0 Å². The number of imide groups is 1. The predicted molar refractivity (Wildman–Crippen MR) is 256 cm³/mol. The van der Waals surface area contributed by atoms with Gasteiger partial charge in [0.05, 0.1) is 76.9 Å². The van der Waals surface area contributed by atoms with Crippen molar-refractivity contribution in [3.8, 4) is 0 Å². The molecule has 0 aliphatic carbocycles. The van der Waals surface area contributed by atoms with Crippen LogP contribution in [0.25, 0.3) is 0 Å². The molecule has 9 amide bonds. The van der Waals surface area contributed by atoms with Crippen molar-refractivity contribution in [3.05, 3.63) is 0 Å². The number of unbranched alkanes of at least 4 members (excludes halogenated alkanes) is 6. The van der Waals surface area contributed by atoms with Gasteiger partial charge in [0.1, 0.15) is 0 Å². The Labute approximate surface area is 420 Å². The number of hydroxylamine groups is 2. The Balaban J connectivity index is 1.76. The molecule has 4 atom stereocenters. The number of carbonyl (C=O) groups is 10. The lowest BCUT2D eigenvalue weighted by atomic mass is 9.96. The number of hydrogen-bond donors (Lipinski definition) is 11. The molecule has 2 rings (SSSR count). The van der Waals surface area contributed by atoms with E-state index in [0.717, 1.165) is 0 Å². The van der Waals surface area contributed by atoms with Crippen LogP contribution < -0.4 is 37.2 Å². The first-order valence-electron chi connectivity index (χ1n) is 25.1. The van der Waals surface area contributed by atoms with E-state index in [1.54, 1.807) is 6.92 Å². The lowest BCUT2D eigenvalue weighted by Crippen LogP contribution is -2.47. The molecule has 2 aliphatic heterocycles. The molecule has 72 heavy (non-hydrogen) atoms. The molecule has 2 fully saturated rings. The number of aliphatic hydroxyl groups excluding tert-OH is 4. The van der Waals surface area contributed by atoms with Crippen LogP contribution >= 0.6 is 0 Å². The first kappa shape index (κ1) is 62.7. The van der Waals surface area contributed by atoms with Gasteiger partial charge in [0.15, 0.2) is 0 Å². The van der Waals surface area contributed by atoms with E-state index < -0.39 is 77.6 Å². The molecule has 0 bridgehead atoms. The first-order chi connectivity index (χ1) is 34.5. The SMILES string of the molecule is C[C@@H]1O[C@@H](CCCNC(=O)CN(CC(=O)NCCO)CC(=O)NCCCCCNC(=O)CN(CC(=O)NCCCCCC(=O)NCCO)CC(=O)NCCCCCC(=O)ON2C(=O)CCC2=O)[C@@H](O)C[C@@H]1O. The van der Waals surface area contributed by atoms with Crippen LogP contribution in [0.2, 0.25) is 0 Å². The summed E-state index contributed by atoms with van der Waals surface area (Å²) in [7, 11) is 0. The number of carbonyl (C=O) groups excluding carboxylic acids is 10. The average Bonchev–Trinajstić information content (AvgIpc) is 3.64. The van der Waals surface area contributed by atoms with E-state index in [1.807, 2.05) is 0 Å². The second-order valence-corrected chi connectivity index (χ2v) is 17.8. The Morgan fingerprint density at radius 1 is 0.514 bits per heavy atom. The van der Waals surface area contributed by atoms with Crippen molar-refractivity contribution in [1.82, 2.24) is 52.1 Å². The fraction of sp³-hybridized carbons (Fsp3) is 0.783. The van der Waals surface area contributed by atoms with E-state index in [-0.39, 0.29) is 130 Å². The molecule has 26 nitrogen and oxygen atoms in total. The van der Waals surface area contributed by atoms with Crippen molar-refractivity contribution in [2.45, 2.75) is 134 Å². The van der Waals surface area contributed by atoms with Gasteiger partial charge in [-0.3, -0.25) is 53.0 Å². The fourth-order valence-corrected chi connectivity index (χ4v) is 7.51. The van der Waals surface area contributed by atoms with E-state index in [2.05, 4.69) is 37.2 Å². The van der Waals surface area contributed by atoms with Crippen LogP contribution in [0.5, 0.6) is 0 Å². The number of nitrogens with one attached hydrogen (secondary N) is 7. The van der Waals surface area contributed by atoms with Crippen LogP contribution in [-0.2, 0) is 57.5 Å². The van der Waals surface area contributed by atoms with Crippen molar-refractivity contribution in [1.29, 1.82) is 0 Å². The van der Waals surface area contributed by atoms with Crippen LogP contribution in [-0.4, -0.2) is 217 Å². The fourth-order valence-electron chi connectivity index (χ4n) is 7.51. The summed E-state index contributed by atoms with van der Waals surface area (Å²) in [5.41, 5.74) is 0. The number of nitrogens with zero attached hydrogens (tertiary/aromatic N) is 3. The van der Waals surface area contributed by atoms with Crippen molar-refractivity contribution < 1.29 is 77.9 Å². The molecular weight excluding hydrogens is 949 g/mol. The number of aliphatic hydroxyl groups is 4. The van der Waals surface area contributed by atoms with Gasteiger partial charge in [0.25, 0.3) is 11.8 Å². The summed E-state index contributed by atoms with van der Waals surface area (Å²) in [5.74, 6) is -4.61. The molecule has 0 aromatic heterocycles. The molecule has 2 heterocycles. The normalized spacial score (nSPS) is 17.6. The maximum atomic E-state index is 13.0. The van der Waals surface area contributed by atoms with E-state index in [4.69, 9.17) is 19.8 Å². The van der Waals surface area contributed by atoms with Crippen molar-refractivity contribution >= 4 is 59.1 Å². The van der Waals surface area contributed by atoms with E-state index in [1.165, 1.54) is 9.80 Å². The van der Waals surface area contributed by atoms with E-state index >= 15 is 0 Å². The smallest absolute Gasteiger partial charge is 0.333 e. The molecule has 26 heteroatoms. The van der Waals surface area contributed by atoms with Crippen LogP contribution in [0.3, 0.4) is 0 Å². The van der Waals surface area contributed by atoms with Crippen molar-refractivity contribution in [2.75, 3.05) is 98.3 Å². The van der Waals surface area contributed by atoms with Gasteiger partial charge in [-0.2, -0.15) is 0 Å². The standard InChI is InChI=1S/C46H80N10O16/c1-33-34(59)26-35(60)36(71-33)12-11-21-51-42(66)31-55(32-43(67)53-23-25-58)30-41(65)50-20-10-4-9-19-49-40(64)29-54(27-38(62)47-17-7-2-5-13-37(61)52-22-24-57)28-39(63)48-18-8-3-6-14-46(70)72-56-44(68)15-16-45(56)69/h33-36,57-60H,2-32H2,1H3,(H,47,62)(H,48,63)(H,49,64)(H,50,65)(H,51,66)(H,52,61)(H,53,67)/t33-,34-,35-,36-/m0/s1. The molecule has 0 radical (unpaired) electrons. The Morgan fingerprint density at radius 2 is 0.875 bits per heavy atom. The van der Waals surface area contributed by atoms with Gasteiger partial charge in [-0.15, -0.1) is 5.06 Å². The largest absolute Gasteiger partial charge is 0.395 e. The highest BCUT2D eigenvalue weighted by Gasteiger charge is 2.34. The molecule has 2 aliphatic rings. The van der Waals surface area contributed by atoms with Gasteiger partial charge in [-0.1, -0.05) is 12.8 Å². The van der Waals surface area contributed by atoms with Gasteiger partial charge < -0.3 is 67.2 Å². The summed E-state index contributed by atoms with van der Waals surface area (Å²) in [6.45, 7) is 1.30. The third-order valence-electron chi connectivity index (χ3n) is 11.4. The van der Waals surface area contributed by atoms with E-state index in [9.17, 15) is 58.2 Å². The third-order valence-corrected chi connectivity index (χ3v) is 11.4. The quantitative estimate of drug-likeness (QED) is 0.0206. The zero-order valence-electron chi connectivity index (χ0n) is 41.8. The summed E-state index contributed by atoms with van der Waals surface area (Å²) in [5, 5.41) is 57.4. The number of rotatable bonds is 39. The number of ether oxygens (including phenoxy) is 1. The zero-order chi connectivity index (χ0) is 53.1. The second-order valence-electron chi connectivity index (χ2n) is 17.8.